The quantitative estimate of drug-likeness (QED) is 0.795. The molecule has 1 aromatic carbocycles. The molecule has 3 nitrogen and oxygen atoms in total. The first kappa shape index (κ1) is 13.1. The van der Waals surface area contributed by atoms with Crippen molar-refractivity contribution in [2.24, 2.45) is 0 Å². The monoisotopic (exact) mass is 281 g/mol. The Morgan fingerprint density at radius 2 is 1.95 bits per heavy atom. The number of allylic oxidation sites excluding steroid dienone is 2. The summed E-state index contributed by atoms with van der Waals surface area (Å²) in [6.07, 6.45) is 10.9. The van der Waals surface area contributed by atoms with Gasteiger partial charge in [-0.05, 0) is 57.3 Å². The van der Waals surface area contributed by atoms with Crippen LogP contribution >= 0.6 is 0 Å². The third-order valence-electron chi connectivity index (χ3n) is 4.86. The molecule has 1 aliphatic carbocycles. The van der Waals surface area contributed by atoms with Crippen LogP contribution < -0.4 is 0 Å². The van der Waals surface area contributed by atoms with Crippen molar-refractivity contribution in [2.75, 3.05) is 13.1 Å². The number of aromatic nitrogens is 2. The Kier molecular flexibility index (Phi) is 3.52. The standard InChI is InChI=1S/C18H23N3/c1-2-8-15(9-3-1)18-19-16-10-4-5-11-17(16)21(18)14-20-12-6-7-13-20/h1-2,4-5,10-11,15H,3,6-9,12-14H2/t15-/m0/s1. The van der Waals surface area contributed by atoms with Crippen LogP contribution in [-0.4, -0.2) is 27.5 Å². The summed E-state index contributed by atoms with van der Waals surface area (Å²) in [5.74, 6) is 1.89. The Morgan fingerprint density at radius 3 is 2.76 bits per heavy atom. The number of fused-ring (bicyclic) bond motifs is 1. The van der Waals surface area contributed by atoms with E-state index in [1.807, 2.05) is 0 Å². The first-order chi connectivity index (χ1) is 10.4. The summed E-state index contributed by atoms with van der Waals surface area (Å²) in [6, 6.07) is 8.60. The molecule has 2 aliphatic rings. The minimum atomic E-state index is 0.588. The lowest BCUT2D eigenvalue weighted by Gasteiger charge is -2.22. The molecule has 0 unspecified atom stereocenters. The molecule has 1 saturated heterocycles. The van der Waals surface area contributed by atoms with Gasteiger partial charge in [-0.25, -0.2) is 4.98 Å². The highest BCUT2D eigenvalue weighted by molar-refractivity contribution is 5.76. The molecule has 3 heteroatoms. The molecule has 0 amide bonds. The van der Waals surface area contributed by atoms with E-state index in [1.165, 1.54) is 50.1 Å². The molecule has 4 rings (SSSR count). The van der Waals surface area contributed by atoms with Crippen LogP contribution in [0.1, 0.15) is 43.8 Å². The number of hydrogen-bond acceptors (Lipinski definition) is 2. The fraction of sp³-hybridized carbons (Fsp3) is 0.500. The second kappa shape index (κ2) is 5.64. The van der Waals surface area contributed by atoms with Crippen molar-refractivity contribution in [1.29, 1.82) is 0 Å². The topological polar surface area (TPSA) is 21.1 Å². The zero-order valence-electron chi connectivity index (χ0n) is 12.5. The van der Waals surface area contributed by atoms with Crippen molar-refractivity contribution in [1.82, 2.24) is 14.5 Å². The van der Waals surface area contributed by atoms with Gasteiger partial charge in [0.25, 0.3) is 0 Å². The number of hydrogen-bond donors (Lipinski definition) is 0. The van der Waals surface area contributed by atoms with Crippen molar-refractivity contribution < 1.29 is 0 Å². The van der Waals surface area contributed by atoms with Gasteiger partial charge in [0.1, 0.15) is 5.82 Å². The molecule has 0 saturated carbocycles. The van der Waals surface area contributed by atoms with E-state index in [4.69, 9.17) is 4.98 Å². The summed E-state index contributed by atoms with van der Waals surface area (Å²) in [7, 11) is 0. The van der Waals surface area contributed by atoms with Crippen molar-refractivity contribution in [3.8, 4) is 0 Å². The van der Waals surface area contributed by atoms with Crippen LogP contribution in [0.15, 0.2) is 36.4 Å². The minimum Gasteiger partial charge on any atom is -0.314 e. The predicted molar refractivity (Wildman–Crippen MR) is 86.3 cm³/mol. The van der Waals surface area contributed by atoms with Gasteiger partial charge in [0.2, 0.25) is 0 Å². The van der Waals surface area contributed by atoms with Gasteiger partial charge in [-0.1, -0.05) is 24.3 Å². The summed E-state index contributed by atoms with van der Waals surface area (Å²) in [6.45, 7) is 3.48. The number of para-hydroxylation sites is 2. The Labute approximate surface area is 126 Å². The lowest BCUT2D eigenvalue weighted by atomic mass is 9.94. The summed E-state index contributed by atoms with van der Waals surface area (Å²) < 4.78 is 2.48. The number of rotatable bonds is 3. The number of benzene rings is 1. The smallest absolute Gasteiger partial charge is 0.114 e. The van der Waals surface area contributed by atoms with Gasteiger partial charge >= 0.3 is 0 Å². The average Bonchev–Trinajstić information content (AvgIpc) is 3.17. The van der Waals surface area contributed by atoms with Crippen LogP contribution in [0, 0.1) is 0 Å². The maximum atomic E-state index is 4.98. The molecule has 1 fully saturated rings. The van der Waals surface area contributed by atoms with E-state index in [0.717, 1.165) is 18.6 Å². The molecule has 1 aliphatic heterocycles. The van der Waals surface area contributed by atoms with Crippen molar-refractivity contribution >= 4 is 11.0 Å². The molecule has 0 radical (unpaired) electrons. The van der Waals surface area contributed by atoms with Crippen molar-refractivity contribution in [3.05, 3.63) is 42.2 Å². The number of imidazole rings is 1. The largest absolute Gasteiger partial charge is 0.314 e. The number of likely N-dealkylation sites (tertiary alicyclic amines) is 1. The number of nitrogens with zero attached hydrogens (tertiary/aromatic N) is 3. The predicted octanol–water partition coefficient (Wildman–Crippen LogP) is 3.91. The Hall–Kier alpha value is -1.61. The van der Waals surface area contributed by atoms with Gasteiger partial charge in [0, 0.05) is 5.92 Å². The molecule has 1 aromatic heterocycles. The summed E-state index contributed by atoms with van der Waals surface area (Å²) in [5, 5.41) is 0. The highest BCUT2D eigenvalue weighted by Crippen LogP contribution is 2.31. The second-order valence-electron chi connectivity index (χ2n) is 6.33. The molecule has 1 atom stereocenters. The van der Waals surface area contributed by atoms with E-state index in [-0.39, 0.29) is 0 Å². The normalized spacial score (nSPS) is 23.1. The van der Waals surface area contributed by atoms with E-state index in [1.54, 1.807) is 0 Å². The molecule has 0 bridgehead atoms. The molecule has 21 heavy (non-hydrogen) atoms. The maximum Gasteiger partial charge on any atom is 0.114 e. The maximum absolute atomic E-state index is 4.98. The Balaban J connectivity index is 1.74. The van der Waals surface area contributed by atoms with Gasteiger partial charge < -0.3 is 4.57 Å². The van der Waals surface area contributed by atoms with Gasteiger partial charge in [0.15, 0.2) is 0 Å². The molecule has 110 valence electrons. The van der Waals surface area contributed by atoms with E-state index in [2.05, 4.69) is 45.9 Å². The molecular formula is C18H23N3. The Bertz CT molecular complexity index is 650. The third kappa shape index (κ3) is 2.51. The SMILES string of the molecule is C1=CC[C@H](c2nc3ccccc3n2CN2CCCC2)CC1. The van der Waals surface area contributed by atoms with Gasteiger partial charge in [-0.3, -0.25) is 4.90 Å². The van der Waals surface area contributed by atoms with Crippen LogP contribution in [0.3, 0.4) is 0 Å². The zero-order chi connectivity index (χ0) is 14.1. The van der Waals surface area contributed by atoms with Gasteiger partial charge in [0.05, 0.1) is 17.7 Å². The molecular weight excluding hydrogens is 258 g/mol. The van der Waals surface area contributed by atoms with Crippen molar-refractivity contribution in [2.45, 2.75) is 44.7 Å². The van der Waals surface area contributed by atoms with E-state index < -0.39 is 0 Å². The summed E-state index contributed by atoms with van der Waals surface area (Å²) >= 11 is 0. The van der Waals surface area contributed by atoms with Crippen molar-refractivity contribution in [3.63, 3.8) is 0 Å². The van der Waals surface area contributed by atoms with Gasteiger partial charge in [-0.15, -0.1) is 0 Å². The van der Waals surface area contributed by atoms with E-state index in [0.29, 0.717) is 5.92 Å². The Morgan fingerprint density at radius 1 is 1.10 bits per heavy atom. The molecule has 0 spiro atoms. The summed E-state index contributed by atoms with van der Waals surface area (Å²) in [5.41, 5.74) is 2.45. The lowest BCUT2D eigenvalue weighted by molar-refractivity contribution is 0.267. The minimum absolute atomic E-state index is 0.588. The molecule has 2 heterocycles. The van der Waals surface area contributed by atoms with E-state index in [9.17, 15) is 0 Å². The molecule has 2 aromatic rings. The van der Waals surface area contributed by atoms with Crippen LogP contribution in [0.25, 0.3) is 11.0 Å². The first-order valence-electron chi connectivity index (χ1n) is 8.24. The average molecular weight is 281 g/mol. The molecule has 0 N–H and O–H groups in total. The van der Waals surface area contributed by atoms with Crippen LogP contribution in [0.5, 0.6) is 0 Å². The summed E-state index contributed by atoms with van der Waals surface area (Å²) in [4.78, 5) is 7.55. The fourth-order valence-electron chi connectivity index (χ4n) is 3.71. The third-order valence-corrected chi connectivity index (χ3v) is 4.86. The first-order valence-corrected chi connectivity index (χ1v) is 8.24. The highest BCUT2D eigenvalue weighted by atomic mass is 15.3. The highest BCUT2D eigenvalue weighted by Gasteiger charge is 2.22. The zero-order valence-corrected chi connectivity index (χ0v) is 12.5. The van der Waals surface area contributed by atoms with E-state index >= 15 is 0 Å². The van der Waals surface area contributed by atoms with Crippen LogP contribution in [0.2, 0.25) is 0 Å². The van der Waals surface area contributed by atoms with Crippen LogP contribution in [-0.2, 0) is 6.67 Å². The lowest BCUT2D eigenvalue weighted by Crippen LogP contribution is -2.25. The van der Waals surface area contributed by atoms with Gasteiger partial charge in [-0.2, -0.15) is 0 Å². The second-order valence-corrected chi connectivity index (χ2v) is 6.33. The fourth-order valence-corrected chi connectivity index (χ4v) is 3.71. The van der Waals surface area contributed by atoms with Crippen LogP contribution in [0.4, 0.5) is 0 Å².